The van der Waals surface area contributed by atoms with Gasteiger partial charge in [-0.3, -0.25) is 0 Å². The molecule has 1 heterocycles. The van der Waals surface area contributed by atoms with Crippen LogP contribution in [0.4, 0.5) is 17.1 Å². The smallest absolute Gasteiger partial charge is 0.156 e. The molecular weight excluding hydrogens is 631 g/mol. The van der Waals surface area contributed by atoms with Gasteiger partial charge in [0.25, 0.3) is 0 Å². The van der Waals surface area contributed by atoms with Crippen molar-refractivity contribution in [2.45, 2.75) is 24.7 Å². The van der Waals surface area contributed by atoms with Crippen LogP contribution in [0.1, 0.15) is 47.2 Å². The highest BCUT2D eigenvalue weighted by atomic mass is 16.5. The van der Waals surface area contributed by atoms with Crippen molar-refractivity contribution in [3.8, 4) is 33.8 Å². The molecule has 0 N–H and O–H groups in total. The second-order valence-corrected chi connectivity index (χ2v) is 14.9. The first-order chi connectivity index (χ1) is 25.5. The van der Waals surface area contributed by atoms with Crippen molar-refractivity contribution in [3.05, 3.63) is 209 Å². The Balaban J connectivity index is 1.21. The number of hydrogen-bond donors (Lipinski definition) is 0. The van der Waals surface area contributed by atoms with Gasteiger partial charge in [0, 0.05) is 27.9 Å². The summed E-state index contributed by atoms with van der Waals surface area (Å²) in [5.74, 6) is 1.77. The number of para-hydroxylation sites is 2. The predicted molar refractivity (Wildman–Crippen MR) is 214 cm³/mol. The summed E-state index contributed by atoms with van der Waals surface area (Å²) >= 11 is 0. The highest BCUT2D eigenvalue weighted by Crippen LogP contribution is 2.64. The third kappa shape index (κ3) is 3.79. The van der Waals surface area contributed by atoms with Crippen LogP contribution in [0.3, 0.4) is 0 Å². The molecule has 0 unspecified atom stereocenters. The molecule has 8 aromatic carbocycles. The van der Waals surface area contributed by atoms with E-state index in [2.05, 4.69) is 195 Å². The van der Waals surface area contributed by atoms with Crippen LogP contribution in [-0.4, -0.2) is 0 Å². The van der Waals surface area contributed by atoms with E-state index < -0.39 is 5.41 Å². The first kappa shape index (κ1) is 29.4. The monoisotopic (exact) mass is 665 g/mol. The van der Waals surface area contributed by atoms with Crippen molar-refractivity contribution >= 4 is 27.8 Å². The van der Waals surface area contributed by atoms with E-state index in [0.717, 1.165) is 39.5 Å². The molecule has 2 heteroatoms. The van der Waals surface area contributed by atoms with Crippen molar-refractivity contribution in [1.82, 2.24) is 0 Å². The highest BCUT2D eigenvalue weighted by molar-refractivity contribution is 5.95. The molecule has 0 bridgehead atoms. The molecule has 8 aromatic rings. The van der Waals surface area contributed by atoms with Gasteiger partial charge in [0.15, 0.2) is 5.75 Å². The van der Waals surface area contributed by atoms with Crippen molar-refractivity contribution in [2.75, 3.05) is 4.90 Å². The summed E-state index contributed by atoms with van der Waals surface area (Å²) in [6.45, 7) is 4.70. The SMILES string of the molecule is CC1(C)c2ccccc2-c2ccc(N(c3ccccc3)c3cccc4c3Oc3cc5ccccc5cc3C43c4ccccc4-c4ccccc43)cc21. The normalized spacial score (nSPS) is 14.8. The molecule has 0 fully saturated rings. The second-order valence-electron chi connectivity index (χ2n) is 14.9. The maximum absolute atomic E-state index is 7.30. The minimum Gasteiger partial charge on any atom is -0.454 e. The number of hydrogen-bond acceptors (Lipinski definition) is 2. The number of benzene rings is 8. The highest BCUT2D eigenvalue weighted by Gasteiger charge is 2.52. The predicted octanol–water partition coefficient (Wildman–Crippen LogP) is 13.1. The van der Waals surface area contributed by atoms with Crippen LogP contribution in [-0.2, 0) is 10.8 Å². The Morgan fingerprint density at radius 1 is 0.404 bits per heavy atom. The van der Waals surface area contributed by atoms with Crippen molar-refractivity contribution in [1.29, 1.82) is 0 Å². The lowest BCUT2D eigenvalue weighted by Crippen LogP contribution is -2.32. The first-order valence-electron chi connectivity index (χ1n) is 18.2. The maximum atomic E-state index is 7.30. The zero-order valence-corrected chi connectivity index (χ0v) is 29.1. The Bertz CT molecular complexity index is 2710. The number of nitrogens with zero attached hydrogens (tertiary/aromatic N) is 1. The van der Waals surface area contributed by atoms with E-state index in [-0.39, 0.29) is 5.41 Å². The molecule has 52 heavy (non-hydrogen) atoms. The van der Waals surface area contributed by atoms with Gasteiger partial charge in [-0.15, -0.1) is 0 Å². The lowest BCUT2D eigenvalue weighted by molar-refractivity contribution is 0.438. The topological polar surface area (TPSA) is 12.5 Å². The van der Waals surface area contributed by atoms with Gasteiger partial charge in [-0.25, -0.2) is 0 Å². The van der Waals surface area contributed by atoms with Crippen LogP contribution < -0.4 is 9.64 Å². The van der Waals surface area contributed by atoms with Gasteiger partial charge in [-0.2, -0.15) is 0 Å². The largest absolute Gasteiger partial charge is 0.454 e. The Morgan fingerprint density at radius 2 is 0.962 bits per heavy atom. The molecule has 0 aromatic heterocycles. The fourth-order valence-electron chi connectivity index (χ4n) is 9.61. The minimum atomic E-state index is -0.569. The van der Waals surface area contributed by atoms with Gasteiger partial charge < -0.3 is 9.64 Å². The maximum Gasteiger partial charge on any atom is 0.156 e. The quantitative estimate of drug-likeness (QED) is 0.186. The molecule has 2 aliphatic carbocycles. The van der Waals surface area contributed by atoms with Crippen LogP contribution in [0, 0.1) is 0 Å². The molecule has 0 atom stereocenters. The van der Waals surface area contributed by atoms with E-state index in [0.29, 0.717) is 0 Å². The van der Waals surface area contributed by atoms with Crippen LogP contribution >= 0.6 is 0 Å². The number of ether oxygens (including phenoxy) is 1. The van der Waals surface area contributed by atoms with Crippen molar-refractivity contribution < 1.29 is 4.74 Å². The lowest BCUT2D eigenvalue weighted by atomic mass is 9.65. The number of anilines is 3. The van der Waals surface area contributed by atoms with Crippen LogP contribution in [0.15, 0.2) is 176 Å². The van der Waals surface area contributed by atoms with Gasteiger partial charge in [0.1, 0.15) is 5.75 Å². The molecule has 1 spiro atoms. The van der Waals surface area contributed by atoms with Gasteiger partial charge >= 0.3 is 0 Å². The molecule has 0 saturated carbocycles. The van der Waals surface area contributed by atoms with Gasteiger partial charge in [-0.1, -0.05) is 147 Å². The van der Waals surface area contributed by atoms with E-state index in [1.54, 1.807) is 0 Å². The fraction of sp³-hybridized carbons (Fsp3) is 0.0800. The summed E-state index contributed by atoms with van der Waals surface area (Å²) in [6, 6.07) is 64.5. The summed E-state index contributed by atoms with van der Waals surface area (Å²) in [6.07, 6.45) is 0. The standard InChI is InChI=1S/C50H35NO/c1-49(2)40-22-11-8-19-36(40)39-28-27-35(31-44(39)49)51(34-17-4-3-5-18-34)46-26-14-25-43-48(46)52-47-30-33-16-7-6-15-32(33)29-45(47)50(43)41-23-12-9-20-37(41)38-21-10-13-24-42(38)50/h3-31H,1-2H3. The summed E-state index contributed by atoms with van der Waals surface area (Å²) in [5, 5.41) is 2.37. The third-order valence-corrected chi connectivity index (χ3v) is 11.9. The van der Waals surface area contributed by atoms with E-state index in [1.807, 2.05) is 0 Å². The second kappa shape index (κ2) is 10.6. The van der Waals surface area contributed by atoms with Gasteiger partial charge in [0.05, 0.1) is 11.1 Å². The Labute approximate surface area is 304 Å². The molecular formula is C50H35NO. The summed E-state index contributed by atoms with van der Waals surface area (Å²) in [5.41, 5.74) is 15.3. The summed E-state index contributed by atoms with van der Waals surface area (Å²) < 4.78 is 7.30. The molecule has 1 aliphatic heterocycles. The number of rotatable bonds is 3. The van der Waals surface area contributed by atoms with Crippen LogP contribution in [0.2, 0.25) is 0 Å². The van der Waals surface area contributed by atoms with E-state index in [9.17, 15) is 0 Å². The van der Waals surface area contributed by atoms with Gasteiger partial charge in [-0.05, 0) is 97.7 Å². The molecule has 2 nitrogen and oxygen atoms in total. The minimum absolute atomic E-state index is 0.127. The van der Waals surface area contributed by atoms with E-state index in [4.69, 9.17) is 4.74 Å². The Kier molecular flexibility index (Phi) is 5.97. The molecule has 246 valence electrons. The van der Waals surface area contributed by atoms with E-state index in [1.165, 1.54) is 55.5 Å². The van der Waals surface area contributed by atoms with Crippen LogP contribution in [0.5, 0.6) is 11.5 Å². The van der Waals surface area contributed by atoms with Gasteiger partial charge in [0.2, 0.25) is 0 Å². The third-order valence-electron chi connectivity index (χ3n) is 11.9. The molecule has 0 amide bonds. The summed E-state index contributed by atoms with van der Waals surface area (Å²) in [7, 11) is 0. The molecule has 0 saturated heterocycles. The van der Waals surface area contributed by atoms with Crippen molar-refractivity contribution in [3.63, 3.8) is 0 Å². The fourth-order valence-corrected chi connectivity index (χ4v) is 9.61. The van der Waals surface area contributed by atoms with Crippen LogP contribution in [0.25, 0.3) is 33.0 Å². The van der Waals surface area contributed by atoms with E-state index >= 15 is 0 Å². The van der Waals surface area contributed by atoms with Crippen molar-refractivity contribution in [2.24, 2.45) is 0 Å². The zero-order chi connectivity index (χ0) is 34.6. The average molecular weight is 666 g/mol. The molecule has 3 aliphatic rings. The zero-order valence-electron chi connectivity index (χ0n) is 29.1. The Hall–Kier alpha value is -6.38. The average Bonchev–Trinajstić information content (AvgIpc) is 3.61. The Morgan fingerprint density at radius 3 is 1.67 bits per heavy atom. The summed E-state index contributed by atoms with van der Waals surface area (Å²) in [4.78, 5) is 2.39. The molecule has 0 radical (unpaired) electrons. The lowest BCUT2D eigenvalue weighted by Gasteiger charge is -2.41. The number of fused-ring (bicyclic) bond motifs is 13. The molecule has 11 rings (SSSR count). The first-order valence-corrected chi connectivity index (χ1v) is 18.2.